The zero-order valence-electron chi connectivity index (χ0n) is 9.64. The Balaban J connectivity index is 2.84. The number of likely N-dealkylation sites (N-methyl/N-ethyl adjacent to an activating group) is 1. The van der Waals surface area contributed by atoms with E-state index in [0.29, 0.717) is 24.7 Å². The zero-order valence-corrected chi connectivity index (χ0v) is 9.64. The van der Waals surface area contributed by atoms with Crippen molar-refractivity contribution < 1.29 is 9.66 Å². The van der Waals surface area contributed by atoms with E-state index in [1.807, 2.05) is 11.9 Å². The van der Waals surface area contributed by atoms with Gasteiger partial charge in [0.25, 0.3) is 5.69 Å². The maximum Gasteiger partial charge on any atom is 0.290 e. The van der Waals surface area contributed by atoms with E-state index < -0.39 is 4.92 Å². The molecule has 0 aliphatic rings. The standard InChI is InChI=1S/C10H15N3O3/c1-8-9(13(14)15)4-5-10(11-8)12(2)6-7-16-3/h4-5H,6-7H2,1-3H3. The monoisotopic (exact) mass is 225 g/mol. The summed E-state index contributed by atoms with van der Waals surface area (Å²) >= 11 is 0. The second-order valence-corrected chi connectivity index (χ2v) is 3.45. The summed E-state index contributed by atoms with van der Waals surface area (Å²) in [4.78, 5) is 16.2. The summed E-state index contributed by atoms with van der Waals surface area (Å²) in [5.41, 5.74) is 0.468. The average molecular weight is 225 g/mol. The number of ether oxygens (including phenoxy) is 1. The number of aryl methyl sites for hydroxylation is 1. The second-order valence-electron chi connectivity index (χ2n) is 3.45. The third-order valence-corrected chi connectivity index (χ3v) is 2.26. The van der Waals surface area contributed by atoms with Gasteiger partial charge in [-0.3, -0.25) is 10.1 Å². The minimum atomic E-state index is -0.429. The van der Waals surface area contributed by atoms with Gasteiger partial charge >= 0.3 is 0 Å². The molecule has 0 unspecified atom stereocenters. The van der Waals surface area contributed by atoms with Crippen LogP contribution in [0.3, 0.4) is 0 Å². The van der Waals surface area contributed by atoms with E-state index in [-0.39, 0.29) is 5.69 Å². The summed E-state index contributed by atoms with van der Waals surface area (Å²) in [6, 6.07) is 3.11. The van der Waals surface area contributed by atoms with Crippen LogP contribution in [0.25, 0.3) is 0 Å². The van der Waals surface area contributed by atoms with Crippen molar-refractivity contribution in [1.82, 2.24) is 4.98 Å². The smallest absolute Gasteiger partial charge is 0.290 e. The third-order valence-electron chi connectivity index (χ3n) is 2.26. The van der Waals surface area contributed by atoms with Crippen molar-refractivity contribution in [3.05, 3.63) is 27.9 Å². The van der Waals surface area contributed by atoms with Crippen LogP contribution in [0.2, 0.25) is 0 Å². The molecule has 0 radical (unpaired) electrons. The first-order valence-corrected chi connectivity index (χ1v) is 4.88. The molecule has 0 atom stereocenters. The van der Waals surface area contributed by atoms with Crippen LogP contribution in [-0.4, -0.2) is 37.2 Å². The Hall–Kier alpha value is -1.69. The van der Waals surface area contributed by atoms with Crippen LogP contribution >= 0.6 is 0 Å². The SMILES string of the molecule is COCCN(C)c1ccc([N+](=O)[O-])c(C)n1. The van der Waals surface area contributed by atoms with E-state index in [1.165, 1.54) is 6.07 Å². The number of hydrogen-bond acceptors (Lipinski definition) is 5. The molecule has 1 aromatic rings. The van der Waals surface area contributed by atoms with Crippen LogP contribution in [0.1, 0.15) is 5.69 Å². The van der Waals surface area contributed by atoms with Gasteiger partial charge in [0.2, 0.25) is 0 Å². The fourth-order valence-corrected chi connectivity index (χ4v) is 1.29. The summed E-state index contributed by atoms with van der Waals surface area (Å²) in [6.07, 6.45) is 0. The zero-order chi connectivity index (χ0) is 12.1. The first-order chi connectivity index (χ1) is 7.56. The fraction of sp³-hybridized carbons (Fsp3) is 0.500. The van der Waals surface area contributed by atoms with Crippen LogP contribution in [0.4, 0.5) is 11.5 Å². The van der Waals surface area contributed by atoms with Gasteiger partial charge in [0.15, 0.2) is 0 Å². The second kappa shape index (κ2) is 5.41. The molecular weight excluding hydrogens is 210 g/mol. The largest absolute Gasteiger partial charge is 0.383 e. The number of pyridine rings is 1. The lowest BCUT2D eigenvalue weighted by Gasteiger charge is -2.17. The molecular formula is C10H15N3O3. The van der Waals surface area contributed by atoms with Crippen LogP contribution in [0, 0.1) is 17.0 Å². The molecule has 1 rings (SSSR count). The summed E-state index contributed by atoms with van der Waals surface area (Å²) in [7, 11) is 3.50. The van der Waals surface area contributed by atoms with Crippen molar-refractivity contribution in [2.24, 2.45) is 0 Å². The third kappa shape index (κ3) is 2.90. The van der Waals surface area contributed by atoms with Crippen LogP contribution in [0.5, 0.6) is 0 Å². The van der Waals surface area contributed by atoms with E-state index in [1.54, 1.807) is 20.1 Å². The molecule has 1 heterocycles. The van der Waals surface area contributed by atoms with Crippen molar-refractivity contribution in [3.8, 4) is 0 Å². The first-order valence-electron chi connectivity index (χ1n) is 4.88. The molecule has 0 aliphatic carbocycles. The van der Waals surface area contributed by atoms with Gasteiger partial charge in [-0.15, -0.1) is 0 Å². The van der Waals surface area contributed by atoms with Crippen LogP contribution < -0.4 is 4.90 Å². The maximum atomic E-state index is 10.6. The lowest BCUT2D eigenvalue weighted by atomic mass is 10.3. The van der Waals surface area contributed by atoms with E-state index in [2.05, 4.69) is 4.98 Å². The Morgan fingerprint density at radius 1 is 1.56 bits per heavy atom. The van der Waals surface area contributed by atoms with Gasteiger partial charge in [-0.1, -0.05) is 0 Å². The average Bonchev–Trinajstić information content (AvgIpc) is 2.25. The van der Waals surface area contributed by atoms with Gasteiger partial charge in [0.1, 0.15) is 11.5 Å². The predicted molar refractivity (Wildman–Crippen MR) is 60.8 cm³/mol. The molecule has 0 fully saturated rings. The Kier molecular flexibility index (Phi) is 4.19. The van der Waals surface area contributed by atoms with Gasteiger partial charge in [-0.05, 0) is 13.0 Å². The Morgan fingerprint density at radius 3 is 2.75 bits per heavy atom. The molecule has 88 valence electrons. The molecule has 0 spiro atoms. The number of methoxy groups -OCH3 is 1. The highest BCUT2D eigenvalue weighted by Gasteiger charge is 2.13. The highest BCUT2D eigenvalue weighted by atomic mass is 16.6. The summed E-state index contributed by atoms with van der Waals surface area (Å²) in [5.74, 6) is 0.708. The predicted octanol–water partition coefficient (Wildman–Crippen LogP) is 1.38. The number of nitrogens with zero attached hydrogens (tertiary/aromatic N) is 3. The summed E-state index contributed by atoms with van der Waals surface area (Å²) in [6.45, 7) is 2.92. The van der Waals surface area contributed by atoms with E-state index in [4.69, 9.17) is 4.74 Å². The molecule has 0 bridgehead atoms. The maximum absolute atomic E-state index is 10.6. The minimum Gasteiger partial charge on any atom is -0.383 e. The summed E-state index contributed by atoms with van der Waals surface area (Å²) < 4.78 is 4.95. The summed E-state index contributed by atoms with van der Waals surface area (Å²) in [5, 5.41) is 10.6. The van der Waals surface area contributed by atoms with E-state index in [9.17, 15) is 10.1 Å². The highest BCUT2D eigenvalue weighted by Crippen LogP contribution is 2.19. The highest BCUT2D eigenvalue weighted by molar-refractivity contribution is 5.46. The number of aromatic nitrogens is 1. The van der Waals surface area contributed by atoms with Gasteiger partial charge < -0.3 is 9.64 Å². The quantitative estimate of drug-likeness (QED) is 0.559. The van der Waals surface area contributed by atoms with E-state index >= 15 is 0 Å². The first kappa shape index (κ1) is 12.4. The van der Waals surface area contributed by atoms with Gasteiger partial charge in [0.05, 0.1) is 11.5 Å². The molecule has 0 aliphatic heterocycles. The Bertz CT molecular complexity index is 382. The molecule has 0 amide bonds. The van der Waals surface area contributed by atoms with Crippen LogP contribution in [-0.2, 0) is 4.74 Å². The van der Waals surface area contributed by atoms with Crippen molar-refractivity contribution in [2.75, 3.05) is 32.2 Å². The van der Waals surface area contributed by atoms with Gasteiger partial charge in [-0.2, -0.15) is 0 Å². The lowest BCUT2D eigenvalue weighted by Crippen LogP contribution is -2.23. The minimum absolute atomic E-state index is 0.0453. The number of rotatable bonds is 5. The van der Waals surface area contributed by atoms with Gasteiger partial charge in [0, 0.05) is 26.8 Å². The molecule has 0 saturated heterocycles. The molecule has 1 aromatic heterocycles. The molecule has 16 heavy (non-hydrogen) atoms. The molecule has 0 N–H and O–H groups in total. The number of anilines is 1. The Morgan fingerprint density at radius 2 is 2.25 bits per heavy atom. The van der Waals surface area contributed by atoms with Crippen molar-refractivity contribution in [1.29, 1.82) is 0 Å². The fourth-order valence-electron chi connectivity index (χ4n) is 1.29. The normalized spacial score (nSPS) is 10.2. The topological polar surface area (TPSA) is 68.5 Å². The molecule has 6 heteroatoms. The van der Waals surface area contributed by atoms with Crippen molar-refractivity contribution >= 4 is 11.5 Å². The molecule has 6 nitrogen and oxygen atoms in total. The van der Waals surface area contributed by atoms with Crippen molar-refractivity contribution in [3.63, 3.8) is 0 Å². The Labute approximate surface area is 94.0 Å². The van der Waals surface area contributed by atoms with Crippen molar-refractivity contribution in [2.45, 2.75) is 6.92 Å². The number of nitro groups is 1. The molecule has 0 aromatic carbocycles. The number of hydrogen-bond donors (Lipinski definition) is 0. The lowest BCUT2D eigenvalue weighted by molar-refractivity contribution is -0.385. The van der Waals surface area contributed by atoms with Gasteiger partial charge in [-0.25, -0.2) is 4.98 Å². The molecule has 0 saturated carbocycles. The van der Waals surface area contributed by atoms with Crippen LogP contribution in [0.15, 0.2) is 12.1 Å². The van der Waals surface area contributed by atoms with E-state index in [0.717, 1.165) is 0 Å².